The molecular weight excluding hydrogens is 416 g/mol. The molecule has 0 aliphatic carbocycles. The first-order valence-electron chi connectivity index (χ1n) is 9.14. The lowest BCUT2D eigenvalue weighted by atomic mass is 9.71. The summed E-state index contributed by atoms with van der Waals surface area (Å²) in [5.74, 6) is -2.06. The summed E-state index contributed by atoms with van der Waals surface area (Å²) >= 11 is 0. The summed E-state index contributed by atoms with van der Waals surface area (Å²) in [7, 11) is 0. The number of hydrogen-bond acceptors (Lipinski definition) is 4. The van der Waals surface area contributed by atoms with Crippen LogP contribution in [0.2, 0.25) is 0 Å². The predicted molar refractivity (Wildman–Crippen MR) is 94.8 cm³/mol. The summed E-state index contributed by atoms with van der Waals surface area (Å²) in [6.07, 6.45) is -9.46. The van der Waals surface area contributed by atoms with Gasteiger partial charge in [0.15, 0.2) is 0 Å². The second kappa shape index (κ2) is 8.35. The standard InChI is InChI=1S/C20H19F6NO3/c21-19(22,23)29-16-7-3-1-5-14(16)18(28,13-9-11-27-12-10-13)15-6-2-4-8-17(15)30-20(24,25)26/h1-8,13,27-28H,9-12H2. The van der Waals surface area contributed by atoms with Gasteiger partial charge in [-0.3, -0.25) is 0 Å². The first-order chi connectivity index (χ1) is 14.0. The lowest BCUT2D eigenvalue weighted by Gasteiger charge is -2.41. The van der Waals surface area contributed by atoms with Crippen LogP contribution in [0.3, 0.4) is 0 Å². The SMILES string of the molecule is OC(c1ccccc1OC(F)(F)F)(c1ccccc1OC(F)(F)F)C1CCNCC1. The second-order valence-corrected chi connectivity index (χ2v) is 6.88. The van der Waals surface area contributed by atoms with E-state index in [1.54, 1.807) is 0 Å². The van der Waals surface area contributed by atoms with E-state index in [9.17, 15) is 31.4 Å². The average molecular weight is 435 g/mol. The van der Waals surface area contributed by atoms with Crippen molar-refractivity contribution in [3.63, 3.8) is 0 Å². The van der Waals surface area contributed by atoms with Crippen molar-refractivity contribution in [1.29, 1.82) is 0 Å². The van der Waals surface area contributed by atoms with Crippen molar-refractivity contribution in [3.05, 3.63) is 59.7 Å². The Morgan fingerprint density at radius 2 is 1.13 bits per heavy atom. The van der Waals surface area contributed by atoms with Gasteiger partial charge >= 0.3 is 12.7 Å². The van der Waals surface area contributed by atoms with E-state index in [1.807, 2.05) is 0 Å². The average Bonchev–Trinajstić information content (AvgIpc) is 2.66. The van der Waals surface area contributed by atoms with Crippen molar-refractivity contribution < 1.29 is 40.9 Å². The van der Waals surface area contributed by atoms with Crippen molar-refractivity contribution in [2.75, 3.05) is 13.1 Å². The van der Waals surface area contributed by atoms with Gasteiger partial charge in [-0.05, 0) is 44.0 Å². The van der Waals surface area contributed by atoms with Crippen molar-refractivity contribution in [3.8, 4) is 11.5 Å². The molecule has 4 nitrogen and oxygen atoms in total. The molecule has 1 aliphatic heterocycles. The largest absolute Gasteiger partial charge is 0.573 e. The Labute approximate surface area is 168 Å². The van der Waals surface area contributed by atoms with Gasteiger partial charge < -0.3 is 19.9 Å². The quantitative estimate of drug-likeness (QED) is 0.668. The van der Waals surface area contributed by atoms with E-state index in [2.05, 4.69) is 14.8 Å². The molecule has 2 aromatic carbocycles. The molecule has 0 amide bonds. The van der Waals surface area contributed by atoms with Crippen molar-refractivity contribution in [2.24, 2.45) is 5.92 Å². The maximum absolute atomic E-state index is 13.0. The van der Waals surface area contributed by atoms with Crippen LogP contribution in [0.25, 0.3) is 0 Å². The Bertz CT molecular complexity index is 803. The molecule has 0 radical (unpaired) electrons. The molecule has 1 saturated heterocycles. The molecule has 0 unspecified atom stereocenters. The van der Waals surface area contributed by atoms with Crippen LogP contribution in [0.5, 0.6) is 11.5 Å². The van der Waals surface area contributed by atoms with E-state index in [-0.39, 0.29) is 11.1 Å². The molecule has 2 N–H and O–H groups in total. The Kier molecular flexibility index (Phi) is 6.19. The molecule has 10 heteroatoms. The topological polar surface area (TPSA) is 50.7 Å². The molecule has 0 saturated carbocycles. The number of para-hydroxylation sites is 2. The smallest absolute Gasteiger partial charge is 0.405 e. The molecule has 1 fully saturated rings. The van der Waals surface area contributed by atoms with E-state index in [1.165, 1.54) is 36.4 Å². The zero-order chi connectivity index (χ0) is 22.0. The van der Waals surface area contributed by atoms with E-state index >= 15 is 0 Å². The Balaban J connectivity index is 2.21. The minimum atomic E-state index is -5.05. The van der Waals surface area contributed by atoms with Crippen LogP contribution >= 0.6 is 0 Å². The molecule has 30 heavy (non-hydrogen) atoms. The van der Waals surface area contributed by atoms with E-state index in [4.69, 9.17) is 0 Å². The molecule has 164 valence electrons. The van der Waals surface area contributed by atoms with Gasteiger partial charge in [0.05, 0.1) is 0 Å². The fourth-order valence-corrected chi connectivity index (χ4v) is 3.82. The van der Waals surface area contributed by atoms with Gasteiger partial charge in [-0.2, -0.15) is 0 Å². The summed E-state index contributed by atoms with van der Waals surface area (Å²) in [5, 5.41) is 14.9. The predicted octanol–water partition coefficient (Wildman–Crippen LogP) is 4.72. The van der Waals surface area contributed by atoms with Crippen LogP contribution < -0.4 is 14.8 Å². The third-order valence-corrected chi connectivity index (χ3v) is 4.98. The number of hydrogen-bond donors (Lipinski definition) is 2. The lowest BCUT2D eigenvalue weighted by Crippen LogP contribution is -2.43. The third-order valence-electron chi connectivity index (χ3n) is 4.98. The zero-order valence-corrected chi connectivity index (χ0v) is 15.6. The zero-order valence-electron chi connectivity index (χ0n) is 15.6. The number of rotatable bonds is 5. The number of piperidine rings is 1. The van der Waals surface area contributed by atoms with Gasteiger partial charge in [-0.1, -0.05) is 36.4 Å². The summed E-state index contributed by atoms with van der Waals surface area (Å²) in [6, 6.07) is 9.80. The number of alkyl halides is 6. The maximum atomic E-state index is 13.0. The summed E-state index contributed by atoms with van der Waals surface area (Å²) in [4.78, 5) is 0. The molecule has 0 aromatic heterocycles. The Morgan fingerprint density at radius 1 is 0.733 bits per heavy atom. The Hall–Kier alpha value is -2.46. The highest BCUT2D eigenvalue weighted by molar-refractivity contribution is 5.50. The molecule has 0 bridgehead atoms. The molecule has 1 aliphatic rings. The molecular formula is C20H19F6NO3. The summed E-state index contributed by atoms with van der Waals surface area (Å²) in [5.41, 5.74) is -2.79. The number of nitrogens with one attached hydrogen (secondary N) is 1. The summed E-state index contributed by atoms with van der Waals surface area (Å²) in [6.45, 7) is 0.884. The fourth-order valence-electron chi connectivity index (χ4n) is 3.82. The maximum Gasteiger partial charge on any atom is 0.573 e. The highest BCUT2D eigenvalue weighted by Gasteiger charge is 2.47. The van der Waals surface area contributed by atoms with Crippen LogP contribution in [0, 0.1) is 5.92 Å². The van der Waals surface area contributed by atoms with E-state index < -0.39 is 35.7 Å². The van der Waals surface area contributed by atoms with Crippen molar-refractivity contribution in [2.45, 2.75) is 31.2 Å². The van der Waals surface area contributed by atoms with Crippen LogP contribution in [0.1, 0.15) is 24.0 Å². The third kappa shape index (κ3) is 4.99. The van der Waals surface area contributed by atoms with Gasteiger partial charge in [0.1, 0.15) is 17.1 Å². The molecule has 2 aromatic rings. The van der Waals surface area contributed by atoms with Crippen LogP contribution in [-0.2, 0) is 5.60 Å². The van der Waals surface area contributed by atoms with Crippen LogP contribution in [0.15, 0.2) is 48.5 Å². The first kappa shape index (κ1) is 22.2. The number of benzene rings is 2. The minimum Gasteiger partial charge on any atom is -0.405 e. The van der Waals surface area contributed by atoms with Gasteiger partial charge in [0.2, 0.25) is 0 Å². The van der Waals surface area contributed by atoms with Gasteiger partial charge in [-0.15, -0.1) is 26.3 Å². The van der Waals surface area contributed by atoms with Gasteiger partial charge in [-0.25, -0.2) is 0 Å². The Morgan fingerprint density at radius 3 is 1.53 bits per heavy atom. The second-order valence-electron chi connectivity index (χ2n) is 6.88. The van der Waals surface area contributed by atoms with E-state index in [0.717, 1.165) is 12.1 Å². The van der Waals surface area contributed by atoms with Crippen LogP contribution in [-0.4, -0.2) is 30.9 Å². The number of aliphatic hydroxyl groups is 1. The normalized spacial score (nSPS) is 16.4. The number of halogens is 6. The minimum absolute atomic E-state index is 0.285. The highest BCUT2D eigenvalue weighted by atomic mass is 19.4. The van der Waals surface area contributed by atoms with E-state index in [0.29, 0.717) is 25.9 Å². The molecule has 0 spiro atoms. The fraction of sp³-hybridized carbons (Fsp3) is 0.400. The molecule has 0 atom stereocenters. The van der Waals surface area contributed by atoms with Gasteiger partial charge in [0, 0.05) is 11.1 Å². The monoisotopic (exact) mass is 435 g/mol. The molecule has 1 heterocycles. The summed E-state index contributed by atoms with van der Waals surface area (Å²) < 4.78 is 86.0. The van der Waals surface area contributed by atoms with Crippen molar-refractivity contribution >= 4 is 0 Å². The van der Waals surface area contributed by atoms with Crippen molar-refractivity contribution in [1.82, 2.24) is 5.32 Å². The first-order valence-corrected chi connectivity index (χ1v) is 9.14. The van der Waals surface area contributed by atoms with Gasteiger partial charge in [0.25, 0.3) is 0 Å². The molecule has 3 rings (SSSR count). The number of ether oxygens (including phenoxy) is 2. The highest BCUT2D eigenvalue weighted by Crippen LogP contribution is 2.48. The lowest BCUT2D eigenvalue weighted by molar-refractivity contribution is -0.275. The van der Waals surface area contributed by atoms with Crippen LogP contribution in [0.4, 0.5) is 26.3 Å².